The van der Waals surface area contributed by atoms with Crippen LogP contribution in [-0.4, -0.2) is 37.7 Å². The van der Waals surface area contributed by atoms with E-state index in [0.29, 0.717) is 11.4 Å². The third-order valence-electron chi connectivity index (χ3n) is 5.31. The number of benzene rings is 1. The number of halogens is 1. The van der Waals surface area contributed by atoms with Crippen LogP contribution in [0.5, 0.6) is 0 Å². The van der Waals surface area contributed by atoms with Gasteiger partial charge in [-0.3, -0.25) is 0 Å². The first-order chi connectivity index (χ1) is 13.1. The highest BCUT2D eigenvalue weighted by Crippen LogP contribution is 2.29. The monoisotopic (exact) mass is 364 g/mol. The number of H-pyrrole nitrogens is 1. The molecular weight excluding hydrogens is 343 g/mol. The quantitative estimate of drug-likeness (QED) is 0.571. The van der Waals surface area contributed by atoms with E-state index in [1.165, 1.54) is 6.07 Å². The predicted molar refractivity (Wildman–Crippen MR) is 102 cm³/mol. The maximum absolute atomic E-state index is 14.8. The first-order valence-corrected chi connectivity index (χ1v) is 9.32. The van der Waals surface area contributed by atoms with Gasteiger partial charge in [0.05, 0.1) is 23.1 Å². The summed E-state index contributed by atoms with van der Waals surface area (Å²) >= 11 is 0. The van der Waals surface area contributed by atoms with Gasteiger partial charge in [-0.15, -0.1) is 0 Å². The summed E-state index contributed by atoms with van der Waals surface area (Å²) in [4.78, 5) is 12.4. The number of nitrogens with one attached hydrogen (secondary N) is 2. The SMILES string of the molecule is Cc1cn2nc(-c3cc(F)c4nc(C5CCNCC5)[nH]c4c3)cc(C)c2n1. The summed E-state index contributed by atoms with van der Waals surface area (Å²) in [6.07, 6.45) is 3.92. The second-order valence-corrected chi connectivity index (χ2v) is 7.36. The average molecular weight is 364 g/mol. The highest BCUT2D eigenvalue weighted by atomic mass is 19.1. The fraction of sp³-hybridized carbons (Fsp3) is 0.350. The Labute approximate surface area is 155 Å². The topological polar surface area (TPSA) is 70.9 Å². The number of rotatable bonds is 2. The Hall–Kier alpha value is -2.80. The number of nitrogens with zero attached hydrogens (tertiary/aromatic N) is 4. The summed E-state index contributed by atoms with van der Waals surface area (Å²) in [5.74, 6) is 0.916. The number of hydrogen-bond acceptors (Lipinski definition) is 4. The van der Waals surface area contributed by atoms with Gasteiger partial charge >= 0.3 is 0 Å². The van der Waals surface area contributed by atoms with Crippen LogP contribution in [0.2, 0.25) is 0 Å². The molecule has 0 aliphatic carbocycles. The molecule has 0 spiro atoms. The predicted octanol–water partition coefficient (Wildman–Crippen LogP) is 3.50. The smallest absolute Gasteiger partial charge is 0.156 e. The summed E-state index contributed by atoms with van der Waals surface area (Å²) in [6, 6.07) is 5.41. The van der Waals surface area contributed by atoms with Gasteiger partial charge in [0.2, 0.25) is 0 Å². The number of imidazole rings is 2. The van der Waals surface area contributed by atoms with E-state index in [1.54, 1.807) is 4.52 Å². The molecule has 4 aromatic rings. The van der Waals surface area contributed by atoms with Gasteiger partial charge < -0.3 is 10.3 Å². The Balaban J connectivity index is 1.61. The summed E-state index contributed by atoms with van der Waals surface area (Å²) in [7, 11) is 0. The Morgan fingerprint density at radius 2 is 1.93 bits per heavy atom. The molecule has 3 aromatic heterocycles. The summed E-state index contributed by atoms with van der Waals surface area (Å²) in [5.41, 5.74) is 5.32. The minimum absolute atomic E-state index is 0.319. The largest absolute Gasteiger partial charge is 0.342 e. The van der Waals surface area contributed by atoms with Crippen molar-refractivity contribution in [3.8, 4) is 11.3 Å². The third kappa shape index (κ3) is 2.78. The molecular formula is C20H21FN6. The van der Waals surface area contributed by atoms with Gasteiger partial charge in [-0.25, -0.2) is 18.9 Å². The highest BCUT2D eigenvalue weighted by molar-refractivity contribution is 5.82. The zero-order valence-corrected chi connectivity index (χ0v) is 15.4. The second-order valence-electron chi connectivity index (χ2n) is 7.36. The van der Waals surface area contributed by atoms with Gasteiger partial charge in [0.1, 0.15) is 11.3 Å². The van der Waals surface area contributed by atoms with Gasteiger partial charge in [-0.05, 0) is 63.5 Å². The van der Waals surface area contributed by atoms with E-state index < -0.39 is 0 Å². The van der Waals surface area contributed by atoms with E-state index in [1.807, 2.05) is 32.2 Å². The molecule has 0 bridgehead atoms. The van der Waals surface area contributed by atoms with Crippen molar-refractivity contribution in [3.63, 3.8) is 0 Å². The fourth-order valence-corrected chi connectivity index (χ4v) is 3.92. The molecule has 1 aromatic carbocycles. The van der Waals surface area contributed by atoms with E-state index in [2.05, 4.69) is 25.4 Å². The molecule has 7 heteroatoms. The minimum Gasteiger partial charge on any atom is -0.342 e. The van der Waals surface area contributed by atoms with E-state index in [9.17, 15) is 4.39 Å². The third-order valence-corrected chi connectivity index (χ3v) is 5.31. The van der Waals surface area contributed by atoms with Crippen LogP contribution in [-0.2, 0) is 0 Å². The summed E-state index contributed by atoms with van der Waals surface area (Å²) in [6.45, 7) is 5.88. The Morgan fingerprint density at radius 1 is 1.11 bits per heavy atom. The maximum atomic E-state index is 14.8. The molecule has 0 amide bonds. The molecule has 0 unspecified atom stereocenters. The summed E-state index contributed by atoms with van der Waals surface area (Å²) < 4.78 is 16.5. The zero-order chi connectivity index (χ0) is 18.5. The van der Waals surface area contributed by atoms with Crippen LogP contribution in [0, 0.1) is 19.7 Å². The zero-order valence-electron chi connectivity index (χ0n) is 15.4. The first-order valence-electron chi connectivity index (χ1n) is 9.32. The molecule has 1 aliphatic rings. The van der Waals surface area contributed by atoms with Crippen molar-refractivity contribution >= 4 is 16.7 Å². The van der Waals surface area contributed by atoms with Gasteiger partial charge in [-0.1, -0.05) is 0 Å². The number of hydrogen-bond donors (Lipinski definition) is 2. The minimum atomic E-state index is -0.319. The second kappa shape index (κ2) is 6.13. The Morgan fingerprint density at radius 3 is 2.74 bits per heavy atom. The van der Waals surface area contributed by atoms with Crippen molar-refractivity contribution in [2.24, 2.45) is 0 Å². The van der Waals surface area contributed by atoms with Crippen LogP contribution in [0.3, 0.4) is 0 Å². The van der Waals surface area contributed by atoms with Crippen LogP contribution in [0.25, 0.3) is 27.9 Å². The van der Waals surface area contributed by atoms with Crippen molar-refractivity contribution in [1.29, 1.82) is 0 Å². The molecule has 5 rings (SSSR count). The lowest BCUT2D eigenvalue weighted by atomic mass is 9.98. The van der Waals surface area contributed by atoms with Gasteiger partial charge in [0.15, 0.2) is 11.5 Å². The van der Waals surface area contributed by atoms with Crippen LogP contribution in [0.4, 0.5) is 4.39 Å². The van der Waals surface area contributed by atoms with E-state index in [-0.39, 0.29) is 5.82 Å². The maximum Gasteiger partial charge on any atom is 0.156 e. The molecule has 1 saturated heterocycles. The molecule has 6 nitrogen and oxygen atoms in total. The normalized spacial score (nSPS) is 15.8. The molecule has 138 valence electrons. The van der Waals surface area contributed by atoms with Crippen LogP contribution in [0.1, 0.15) is 35.8 Å². The molecule has 0 saturated carbocycles. The molecule has 0 atom stereocenters. The lowest BCUT2D eigenvalue weighted by Gasteiger charge is -2.20. The van der Waals surface area contributed by atoms with Crippen LogP contribution < -0.4 is 5.32 Å². The number of piperidine rings is 1. The highest BCUT2D eigenvalue weighted by Gasteiger charge is 2.20. The van der Waals surface area contributed by atoms with Crippen molar-refractivity contribution in [3.05, 3.63) is 47.3 Å². The van der Waals surface area contributed by atoms with Gasteiger partial charge in [-0.2, -0.15) is 5.10 Å². The molecule has 27 heavy (non-hydrogen) atoms. The van der Waals surface area contributed by atoms with E-state index in [0.717, 1.165) is 65.4 Å². The van der Waals surface area contributed by atoms with Gasteiger partial charge in [0.25, 0.3) is 0 Å². The number of fused-ring (bicyclic) bond motifs is 2. The van der Waals surface area contributed by atoms with Crippen molar-refractivity contribution < 1.29 is 4.39 Å². The average Bonchev–Trinajstić information content (AvgIpc) is 3.26. The number of aromatic nitrogens is 5. The molecule has 1 fully saturated rings. The van der Waals surface area contributed by atoms with Crippen molar-refractivity contribution in [1.82, 2.24) is 29.9 Å². The number of aryl methyl sites for hydroxylation is 2. The molecule has 4 heterocycles. The lowest BCUT2D eigenvalue weighted by Crippen LogP contribution is -2.27. The Kier molecular flexibility index (Phi) is 3.72. The van der Waals surface area contributed by atoms with Crippen molar-refractivity contribution in [2.75, 3.05) is 13.1 Å². The summed E-state index contributed by atoms with van der Waals surface area (Å²) in [5, 5.41) is 7.97. The van der Waals surface area contributed by atoms with Crippen LogP contribution >= 0.6 is 0 Å². The van der Waals surface area contributed by atoms with E-state index >= 15 is 0 Å². The lowest BCUT2D eigenvalue weighted by molar-refractivity contribution is 0.448. The van der Waals surface area contributed by atoms with Crippen LogP contribution in [0.15, 0.2) is 24.4 Å². The standard InChI is InChI=1S/C20H21FN6/c1-11-7-16(26-27-10-12(2)23-20(11)27)14-8-15(21)18-17(9-14)24-19(25-18)13-3-5-22-6-4-13/h7-10,13,22H,3-6H2,1-2H3,(H,24,25). The molecule has 2 N–H and O–H groups in total. The molecule has 0 radical (unpaired) electrons. The molecule has 1 aliphatic heterocycles. The Bertz CT molecular complexity index is 1150. The fourth-order valence-electron chi connectivity index (χ4n) is 3.92. The van der Waals surface area contributed by atoms with E-state index in [4.69, 9.17) is 0 Å². The number of aromatic amines is 1. The first kappa shape index (κ1) is 16.4. The van der Waals surface area contributed by atoms with Crippen molar-refractivity contribution in [2.45, 2.75) is 32.6 Å². The van der Waals surface area contributed by atoms with Gasteiger partial charge in [0, 0.05) is 11.5 Å².